The Hall–Kier alpha value is -1.03. The maximum absolute atomic E-state index is 4.65. The normalized spacial score (nSPS) is 29.8. The molecule has 2 unspecified atom stereocenters. The molecule has 1 N–H and O–H groups in total. The van der Waals surface area contributed by atoms with E-state index in [0.29, 0.717) is 18.1 Å². The summed E-state index contributed by atoms with van der Waals surface area (Å²) < 4.78 is 1.99. The summed E-state index contributed by atoms with van der Waals surface area (Å²) in [7, 11) is 2.05. The van der Waals surface area contributed by atoms with E-state index in [1.54, 1.807) is 0 Å². The summed E-state index contributed by atoms with van der Waals surface area (Å²) in [4.78, 5) is 2.71. The monoisotopic (exact) mass is 276 g/mol. The number of nitrogens with one attached hydrogen (secondary N) is 1. The fourth-order valence-corrected chi connectivity index (χ4v) is 4.22. The van der Waals surface area contributed by atoms with Crippen LogP contribution in [0.2, 0.25) is 0 Å². The SMILES string of the molecule is CCNC1CC2CCCC(C1)N2c1cn(C)nc1CC. The second kappa shape index (κ2) is 5.76. The van der Waals surface area contributed by atoms with Crippen LogP contribution in [0.3, 0.4) is 0 Å². The lowest BCUT2D eigenvalue weighted by molar-refractivity contribution is 0.247. The number of piperidine rings is 2. The maximum Gasteiger partial charge on any atom is 0.0855 e. The Balaban J connectivity index is 1.86. The van der Waals surface area contributed by atoms with E-state index in [4.69, 9.17) is 0 Å². The van der Waals surface area contributed by atoms with E-state index in [1.165, 1.54) is 43.5 Å². The van der Waals surface area contributed by atoms with Crippen LogP contribution in [0.5, 0.6) is 0 Å². The fraction of sp³-hybridized carbons (Fsp3) is 0.812. The number of nitrogens with zero attached hydrogens (tertiary/aromatic N) is 3. The molecule has 0 radical (unpaired) electrons. The van der Waals surface area contributed by atoms with E-state index < -0.39 is 0 Å². The third-order valence-electron chi connectivity index (χ3n) is 4.96. The summed E-state index contributed by atoms with van der Waals surface area (Å²) in [5.41, 5.74) is 2.67. The first-order chi connectivity index (χ1) is 9.72. The van der Waals surface area contributed by atoms with Crippen LogP contribution >= 0.6 is 0 Å². The van der Waals surface area contributed by atoms with E-state index >= 15 is 0 Å². The number of hydrogen-bond donors (Lipinski definition) is 1. The summed E-state index contributed by atoms with van der Waals surface area (Å²) in [6.07, 6.45) is 9.94. The van der Waals surface area contributed by atoms with Gasteiger partial charge in [0.15, 0.2) is 0 Å². The van der Waals surface area contributed by atoms with Gasteiger partial charge in [0.25, 0.3) is 0 Å². The summed E-state index contributed by atoms with van der Waals surface area (Å²) >= 11 is 0. The highest BCUT2D eigenvalue weighted by Crippen LogP contribution is 2.39. The smallest absolute Gasteiger partial charge is 0.0855 e. The number of aryl methyl sites for hydroxylation is 2. The van der Waals surface area contributed by atoms with Crippen LogP contribution in [0.15, 0.2) is 6.20 Å². The minimum absolute atomic E-state index is 0.709. The molecule has 0 amide bonds. The number of fused-ring (bicyclic) bond motifs is 2. The number of hydrogen-bond acceptors (Lipinski definition) is 3. The first-order valence-corrected chi connectivity index (χ1v) is 8.27. The second-order valence-corrected chi connectivity index (χ2v) is 6.36. The Morgan fingerprint density at radius 1 is 1.25 bits per heavy atom. The van der Waals surface area contributed by atoms with Crippen molar-refractivity contribution in [2.24, 2.45) is 7.05 Å². The van der Waals surface area contributed by atoms with Gasteiger partial charge in [-0.15, -0.1) is 0 Å². The van der Waals surface area contributed by atoms with Gasteiger partial charge in [0, 0.05) is 31.4 Å². The molecule has 3 heterocycles. The first-order valence-electron chi connectivity index (χ1n) is 8.27. The number of rotatable bonds is 4. The minimum atomic E-state index is 0.709. The predicted molar refractivity (Wildman–Crippen MR) is 83.2 cm³/mol. The van der Waals surface area contributed by atoms with Crippen molar-refractivity contribution in [2.75, 3.05) is 11.4 Å². The molecule has 4 heteroatoms. The molecule has 2 bridgehead atoms. The van der Waals surface area contributed by atoms with Gasteiger partial charge in [0.1, 0.15) is 0 Å². The minimum Gasteiger partial charge on any atom is -0.363 e. The van der Waals surface area contributed by atoms with Gasteiger partial charge in [-0.1, -0.05) is 13.8 Å². The van der Waals surface area contributed by atoms with Gasteiger partial charge in [-0.3, -0.25) is 4.68 Å². The van der Waals surface area contributed by atoms with Crippen LogP contribution in [0.4, 0.5) is 5.69 Å². The Morgan fingerprint density at radius 3 is 2.55 bits per heavy atom. The van der Waals surface area contributed by atoms with Crippen molar-refractivity contribution in [3.05, 3.63) is 11.9 Å². The van der Waals surface area contributed by atoms with E-state index in [1.807, 2.05) is 11.7 Å². The molecule has 2 aliphatic heterocycles. The van der Waals surface area contributed by atoms with E-state index in [2.05, 4.69) is 35.4 Å². The van der Waals surface area contributed by atoms with Crippen molar-refractivity contribution >= 4 is 5.69 Å². The van der Waals surface area contributed by atoms with Crippen molar-refractivity contribution < 1.29 is 0 Å². The Labute approximate surface area is 122 Å². The quantitative estimate of drug-likeness (QED) is 0.917. The summed E-state index contributed by atoms with van der Waals surface area (Å²) in [6.45, 7) is 5.53. The van der Waals surface area contributed by atoms with Gasteiger partial charge in [-0.05, 0) is 45.1 Å². The number of anilines is 1. The first kappa shape index (κ1) is 13.9. The molecule has 0 spiro atoms. The van der Waals surface area contributed by atoms with Crippen molar-refractivity contribution in [2.45, 2.75) is 70.5 Å². The molecule has 20 heavy (non-hydrogen) atoms. The lowest BCUT2D eigenvalue weighted by Gasteiger charge is -2.50. The molecule has 112 valence electrons. The molecule has 1 aromatic heterocycles. The average Bonchev–Trinajstić information content (AvgIpc) is 2.79. The van der Waals surface area contributed by atoms with Crippen molar-refractivity contribution in [3.63, 3.8) is 0 Å². The predicted octanol–water partition coefficient (Wildman–Crippen LogP) is 2.48. The highest BCUT2D eigenvalue weighted by molar-refractivity contribution is 5.52. The van der Waals surface area contributed by atoms with Gasteiger partial charge in [0.05, 0.1) is 11.4 Å². The summed E-state index contributed by atoms with van der Waals surface area (Å²) in [5.74, 6) is 0. The van der Waals surface area contributed by atoms with Gasteiger partial charge >= 0.3 is 0 Å². The lowest BCUT2D eigenvalue weighted by atomic mass is 9.81. The van der Waals surface area contributed by atoms with Crippen LogP contribution in [0.1, 0.15) is 51.6 Å². The third-order valence-corrected chi connectivity index (χ3v) is 4.96. The van der Waals surface area contributed by atoms with Gasteiger partial charge in [-0.2, -0.15) is 5.10 Å². The third kappa shape index (κ3) is 2.46. The van der Waals surface area contributed by atoms with Crippen LogP contribution in [-0.2, 0) is 13.5 Å². The summed E-state index contributed by atoms with van der Waals surface area (Å²) in [5, 5.41) is 8.32. The average molecular weight is 276 g/mol. The van der Waals surface area contributed by atoms with E-state index in [0.717, 1.165) is 13.0 Å². The van der Waals surface area contributed by atoms with E-state index in [9.17, 15) is 0 Å². The maximum atomic E-state index is 4.65. The molecule has 1 aromatic rings. The molecular formula is C16H28N4. The topological polar surface area (TPSA) is 33.1 Å². The highest BCUT2D eigenvalue weighted by Gasteiger charge is 2.39. The zero-order valence-electron chi connectivity index (χ0n) is 13.1. The number of aromatic nitrogens is 2. The van der Waals surface area contributed by atoms with Crippen LogP contribution < -0.4 is 10.2 Å². The molecule has 2 aliphatic rings. The molecular weight excluding hydrogens is 248 g/mol. The summed E-state index contributed by atoms with van der Waals surface area (Å²) in [6, 6.07) is 2.13. The molecule has 2 atom stereocenters. The molecule has 2 fully saturated rings. The van der Waals surface area contributed by atoms with Crippen molar-refractivity contribution in [1.29, 1.82) is 0 Å². The zero-order valence-corrected chi connectivity index (χ0v) is 13.1. The Kier molecular flexibility index (Phi) is 4.01. The van der Waals surface area contributed by atoms with Crippen LogP contribution in [-0.4, -0.2) is 34.5 Å². The lowest BCUT2D eigenvalue weighted by Crippen LogP contribution is -2.56. The van der Waals surface area contributed by atoms with Crippen LogP contribution in [0, 0.1) is 0 Å². The van der Waals surface area contributed by atoms with Gasteiger partial charge < -0.3 is 10.2 Å². The molecule has 0 aromatic carbocycles. The molecule has 0 saturated carbocycles. The Bertz CT molecular complexity index is 439. The van der Waals surface area contributed by atoms with Crippen molar-refractivity contribution in [1.82, 2.24) is 15.1 Å². The van der Waals surface area contributed by atoms with E-state index in [-0.39, 0.29) is 0 Å². The second-order valence-electron chi connectivity index (χ2n) is 6.36. The molecule has 3 rings (SSSR count). The highest BCUT2D eigenvalue weighted by atomic mass is 15.3. The largest absolute Gasteiger partial charge is 0.363 e. The molecule has 4 nitrogen and oxygen atoms in total. The molecule has 2 saturated heterocycles. The fourth-order valence-electron chi connectivity index (χ4n) is 4.22. The molecule has 0 aliphatic carbocycles. The van der Waals surface area contributed by atoms with Crippen LogP contribution in [0.25, 0.3) is 0 Å². The van der Waals surface area contributed by atoms with Gasteiger partial charge in [0.2, 0.25) is 0 Å². The van der Waals surface area contributed by atoms with Gasteiger partial charge in [-0.25, -0.2) is 0 Å². The Morgan fingerprint density at radius 2 is 1.95 bits per heavy atom. The standard InChI is InChI=1S/C16H28N4/c1-4-15-16(11-19(3)18-15)20-13-7-6-8-14(20)10-12(9-13)17-5-2/h11-14,17H,4-10H2,1-3H3. The van der Waals surface area contributed by atoms with Crippen molar-refractivity contribution in [3.8, 4) is 0 Å². The zero-order chi connectivity index (χ0) is 14.1.